The van der Waals surface area contributed by atoms with Crippen molar-refractivity contribution in [3.63, 3.8) is 0 Å². The van der Waals surface area contributed by atoms with E-state index in [1.54, 1.807) is 4.90 Å². The summed E-state index contributed by atoms with van der Waals surface area (Å²) < 4.78 is 0. The number of piperidine rings is 1. The zero-order valence-electron chi connectivity index (χ0n) is 10.4. The number of likely N-dealkylation sites (tertiary alicyclic amines) is 1. The van der Waals surface area contributed by atoms with Crippen LogP contribution in [-0.2, 0) is 9.59 Å². The zero-order chi connectivity index (χ0) is 12.7. The number of nitrogens with zero attached hydrogens (tertiary/aromatic N) is 1. The van der Waals surface area contributed by atoms with Crippen molar-refractivity contribution in [2.75, 3.05) is 26.2 Å². The third-order valence-electron chi connectivity index (χ3n) is 3.12. The number of carbonyl (C=O) groups is 2. The van der Waals surface area contributed by atoms with E-state index >= 15 is 0 Å². The summed E-state index contributed by atoms with van der Waals surface area (Å²) in [4.78, 5) is 25.1. The summed E-state index contributed by atoms with van der Waals surface area (Å²) in [5, 5.41) is 11.5. The molecule has 0 aliphatic carbocycles. The molecule has 0 radical (unpaired) electrons. The van der Waals surface area contributed by atoms with Gasteiger partial charge in [-0.1, -0.05) is 0 Å². The van der Waals surface area contributed by atoms with Crippen LogP contribution in [0.2, 0.25) is 0 Å². The summed E-state index contributed by atoms with van der Waals surface area (Å²) in [6.07, 6.45) is 2.42. The molecule has 1 aliphatic rings. The van der Waals surface area contributed by atoms with E-state index in [0.717, 1.165) is 12.8 Å². The smallest absolute Gasteiger partial charge is 0.223 e. The lowest BCUT2D eigenvalue weighted by Gasteiger charge is -2.31. The van der Waals surface area contributed by atoms with E-state index in [1.807, 2.05) is 6.92 Å². The number of carbonyl (C=O) groups excluding carboxylic acids is 2. The summed E-state index contributed by atoms with van der Waals surface area (Å²) in [5.74, 6) is 0.250. The van der Waals surface area contributed by atoms with Gasteiger partial charge in [-0.25, -0.2) is 0 Å². The minimum Gasteiger partial charge on any atom is -0.396 e. The fraction of sp³-hybridized carbons (Fsp3) is 0.833. The molecule has 0 saturated carbocycles. The summed E-state index contributed by atoms with van der Waals surface area (Å²) in [6, 6.07) is 0. The van der Waals surface area contributed by atoms with Crippen molar-refractivity contribution in [2.45, 2.75) is 32.6 Å². The fourth-order valence-electron chi connectivity index (χ4n) is 2.10. The maximum absolute atomic E-state index is 11.7. The second-order valence-corrected chi connectivity index (χ2v) is 4.38. The molecule has 1 heterocycles. The van der Waals surface area contributed by atoms with E-state index in [1.165, 1.54) is 0 Å². The SMILES string of the molecule is CCNC(=O)C1CCN(C(=O)CCCO)CC1. The monoisotopic (exact) mass is 242 g/mol. The van der Waals surface area contributed by atoms with Gasteiger partial charge in [-0.2, -0.15) is 0 Å². The third-order valence-corrected chi connectivity index (χ3v) is 3.12. The van der Waals surface area contributed by atoms with Crippen LogP contribution in [0.15, 0.2) is 0 Å². The molecule has 0 unspecified atom stereocenters. The van der Waals surface area contributed by atoms with Crippen molar-refractivity contribution < 1.29 is 14.7 Å². The highest BCUT2D eigenvalue weighted by Gasteiger charge is 2.26. The second kappa shape index (κ2) is 7.27. The molecule has 0 aromatic heterocycles. The van der Waals surface area contributed by atoms with Gasteiger partial charge in [0.15, 0.2) is 0 Å². The molecule has 0 atom stereocenters. The Balaban J connectivity index is 2.30. The predicted octanol–water partition coefficient (Wildman–Crippen LogP) is 0.134. The molecular weight excluding hydrogens is 220 g/mol. The molecule has 1 aliphatic heterocycles. The fourth-order valence-corrected chi connectivity index (χ4v) is 2.10. The molecule has 0 aromatic carbocycles. The van der Waals surface area contributed by atoms with Crippen LogP contribution in [0, 0.1) is 5.92 Å². The Labute approximate surface area is 102 Å². The van der Waals surface area contributed by atoms with E-state index < -0.39 is 0 Å². The molecule has 0 spiro atoms. The van der Waals surface area contributed by atoms with Gasteiger partial charge in [0.1, 0.15) is 0 Å². The van der Waals surface area contributed by atoms with Crippen molar-refractivity contribution in [3.8, 4) is 0 Å². The highest BCUT2D eigenvalue weighted by atomic mass is 16.3. The molecule has 5 heteroatoms. The standard InChI is InChI=1S/C12H22N2O3/c1-2-13-12(17)10-5-7-14(8-6-10)11(16)4-3-9-15/h10,15H,2-9H2,1H3,(H,13,17). The Morgan fingerprint density at radius 3 is 2.53 bits per heavy atom. The van der Waals surface area contributed by atoms with Crippen LogP contribution in [0.5, 0.6) is 0 Å². The first-order valence-electron chi connectivity index (χ1n) is 6.35. The summed E-state index contributed by atoms with van der Waals surface area (Å²) >= 11 is 0. The molecule has 98 valence electrons. The average molecular weight is 242 g/mol. The van der Waals surface area contributed by atoms with Gasteiger partial charge in [0.2, 0.25) is 11.8 Å². The molecule has 1 rings (SSSR count). The number of amides is 2. The van der Waals surface area contributed by atoms with Crippen molar-refractivity contribution in [1.29, 1.82) is 0 Å². The van der Waals surface area contributed by atoms with E-state index in [-0.39, 0.29) is 24.3 Å². The first-order valence-corrected chi connectivity index (χ1v) is 6.35. The zero-order valence-corrected chi connectivity index (χ0v) is 10.4. The normalized spacial score (nSPS) is 16.9. The van der Waals surface area contributed by atoms with Crippen LogP contribution in [-0.4, -0.2) is 48.1 Å². The van der Waals surface area contributed by atoms with Crippen LogP contribution in [0.1, 0.15) is 32.6 Å². The molecule has 1 saturated heterocycles. The van der Waals surface area contributed by atoms with Gasteiger partial charge < -0.3 is 15.3 Å². The van der Waals surface area contributed by atoms with E-state index in [2.05, 4.69) is 5.32 Å². The van der Waals surface area contributed by atoms with Crippen molar-refractivity contribution in [1.82, 2.24) is 10.2 Å². The highest BCUT2D eigenvalue weighted by Crippen LogP contribution is 2.18. The van der Waals surface area contributed by atoms with Crippen molar-refractivity contribution in [2.24, 2.45) is 5.92 Å². The van der Waals surface area contributed by atoms with Crippen LogP contribution in [0.3, 0.4) is 0 Å². The summed E-state index contributed by atoms with van der Waals surface area (Å²) in [7, 11) is 0. The molecule has 0 bridgehead atoms. The predicted molar refractivity (Wildman–Crippen MR) is 64.3 cm³/mol. The highest BCUT2D eigenvalue weighted by molar-refractivity contribution is 5.80. The molecule has 1 fully saturated rings. The van der Waals surface area contributed by atoms with Crippen LogP contribution < -0.4 is 5.32 Å². The Kier molecular flexibility index (Phi) is 5.97. The molecule has 2 amide bonds. The first-order chi connectivity index (χ1) is 8.19. The minimum absolute atomic E-state index is 0.0526. The number of nitrogens with one attached hydrogen (secondary N) is 1. The summed E-state index contributed by atoms with van der Waals surface area (Å²) in [6.45, 7) is 3.94. The van der Waals surface area contributed by atoms with Crippen LogP contribution in [0.4, 0.5) is 0 Å². The number of hydrogen-bond donors (Lipinski definition) is 2. The van der Waals surface area contributed by atoms with Gasteiger partial charge in [-0.15, -0.1) is 0 Å². The summed E-state index contributed by atoms with van der Waals surface area (Å²) in [5.41, 5.74) is 0. The number of rotatable bonds is 5. The first kappa shape index (κ1) is 14.0. The van der Waals surface area contributed by atoms with Crippen LogP contribution in [0.25, 0.3) is 0 Å². The van der Waals surface area contributed by atoms with Crippen molar-refractivity contribution in [3.05, 3.63) is 0 Å². The van der Waals surface area contributed by atoms with Gasteiger partial charge in [0, 0.05) is 38.6 Å². The largest absolute Gasteiger partial charge is 0.396 e. The Bertz CT molecular complexity index is 260. The molecule has 5 nitrogen and oxygen atoms in total. The number of aliphatic hydroxyl groups is 1. The lowest BCUT2D eigenvalue weighted by atomic mass is 9.95. The number of hydrogen-bond acceptors (Lipinski definition) is 3. The Hall–Kier alpha value is -1.10. The molecule has 2 N–H and O–H groups in total. The maximum Gasteiger partial charge on any atom is 0.223 e. The topological polar surface area (TPSA) is 69.6 Å². The molecular formula is C12H22N2O3. The second-order valence-electron chi connectivity index (χ2n) is 4.38. The van der Waals surface area contributed by atoms with Gasteiger partial charge in [0.25, 0.3) is 0 Å². The Morgan fingerprint density at radius 1 is 1.35 bits per heavy atom. The van der Waals surface area contributed by atoms with E-state index in [9.17, 15) is 9.59 Å². The van der Waals surface area contributed by atoms with E-state index in [0.29, 0.717) is 32.5 Å². The van der Waals surface area contributed by atoms with Crippen LogP contribution >= 0.6 is 0 Å². The van der Waals surface area contributed by atoms with Crippen molar-refractivity contribution >= 4 is 11.8 Å². The molecule has 0 aromatic rings. The maximum atomic E-state index is 11.7. The molecule has 17 heavy (non-hydrogen) atoms. The average Bonchev–Trinajstić information content (AvgIpc) is 2.36. The van der Waals surface area contributed by atoms with E-state index in [4.69, 9.17) is 5.11 Å². The van der Waals surface area contributed by atoms with Gasteiger partial charge in [-0.3, -0.25) is 9.59 Å². The minimum atomic E-state index is 0.0526. The lowest BCUT2D eigenvalue weighted by molar-refractivity contribution is -0.135. The third kappa shape index (κ3) is 4.34. The van der Waals surface area contributed by atoms with Gasteiger partial charge in [-0.05, 0) is 26.2 Å². The van der Waals surface area contributed by atoms with Gasteiger partial charge in [0.05, 0.1) is 0 Å². The Morgan fingerprint density at radius 2 is 2.00 bits per heavy atom. The lowest BCUT2D eigenvalue weighted by Crippen LogP contribution is -2.43. The van der Waals surface area contributed by atoms with Gasteiger partial charge >= 0.3 is 0 Å². The number of aliphatic hydroxyl groups excluding tert-OH is 1. The quantitative estimate of drug-likeness (QED) is 0.720.